The number of aliphatic hydroxyl groups is 1. The number of hydrogen-bond acceptors (Lipinski definition) is 8. The van der Waals surface area contributed by atoms with Crippen LogP contribution < -0.4 is 14.4 Å². The number of carboxylic acids is 1. The number of aromatic nitrogens is 1. The molecule has 11 heteroatoms. The molecular weight excluding hydrogens is 551 g/mol. The molecular formula is C30H25FN2O7S. The molecule has 1 unspecified atom stereocenters. The molecule has 210 valence electrons. The van der Waals surface area contributed by atoms with Crippen molar-refractivity contribution in [2.45, 2.75) is 26.8 Å². The number of benzene rings is 3. The van der Waals surface area contributed by atoms with Crippen LogP contribution in [-0.4, -0.2) is 46.1 Å². The van der Waals surface area contributed by atoms with E-state index in [1.54, 1.807) is 18.2 Å². The summed E-state index contributed by atoms with van der Waals surface area (Å²) >= 11 is 1.29. The van der Waals surface area contributed by atoms with Crippen LogP contribution in [0.2, 0.25) is 0 Å². The van der Waals surface area contributed by atoms with E-state index in [1.807, 2.05) is 26.0 Å². The van der Waals surface area contributed by atoms with Crippen LogP contribution in [0.15, 0.2) is 60.2 Å². The number of halogens is 1. The average Bonchev–Trinajstić information content (AvgIpc) is 3.46. The van der Waals surface area contributed by atoms with Crippen LogP contribution >= 0.6 is 11.3 Å². The van der Waals surface area contributed by atoms with E-state index in [1.165, 1.54) is 40.5 Å². The minimum Gasteiger partial charge on any atom is -0.507 e. The van der Waals surface area contributed by atoms with Crippen molar-refractivity contribution in [1.29, 1.82) is 0 Å². The van der Waals surface area contributed by atoms with Gasteiger partial charge in [-0.3, -0.25) is 19.3 Å². The summed E-state index contributed by atoms with van der Waals surface area (Å²) in [5.41, 5.74) is 3.38. The third kappa shape index (κ3) is 5.36. The van der Waals surface area contributed by atoms with Gasteiger partial charge in [0.25, 0.3) is 11.8 Å². The first kappa shape index (κ1) is 27.8. The Balaban J connectivity index is 0.000000794. The Bertz CT molecular complexity index is 1720. The number of carbonyl (C=O) groups excluding carboxylic acids is 2. The second kappa shape index (κ2) is 11.0. The predicted octanol–water partition coefficient (Wildman–Crippen LogP) is 5.54. The van der Waals surface area contributed by atoms with E-state index >= 15 is 0 Å². The van der Waals surface area contributed by atoms with Crippen molar-refractivity contribution in [2.75, 3.05) is 18.1 Å². The number of ether oxygens (including phenoxy) is 2. The van der Waals surface area contributed by atoms with Gasteiger partial charge < -0.3 is 19.7 Å². The first-order valence-corrected chi connectivity index (χ1v) is 13.4. The van der Waals surface area contributed by atoms with E-state index in [0.29, 0.717) is 41.0 Å². The zero-order chi connectivity index (χ0) is 29.4. The second-order valence-corrected chi connectivity index (χ2v) is 10.5. The third-order valence-corrected chi connectivity index (χ3v) is 7.47. The topological polar surface area (TPSA) is 126 Å². The van der Waals surface area contributed by atoms with Gasteiger partial charge in [-0.1, -0.05) is 29.5 Å². The number of anilines is 1. The number of aliphatic hydroxyl groups excluding tert-OH is 1. The SMILES string of the molecule is CC(=O)O.Cc1cc(C)c2nc(N3C(=O)C(=O)/C(=C(/O)c4ccc5c(c4)OCCO5)C3c3ccc(F)cc3)sc2c1. The number of carbonyl (C=O) groups is 3. The third-order valence-electron chi connectivity index (χ3n) is 6.47. The fourth-order valence-corrected chi connectivity index (χ4v) is 5.97. The normalized spacial score (nSPS) is 17.4. The van der Waals surface area contributed by atoms with Crippen LogP contribution in [0.1, 0.15) is 35.2 Å². The van der Waals surface area contributed by atoms with Crippen molar-refractivity contribution in [3.63, 3.8) is 0 Å². The highest BCUT2D eigenvalue weighted by Crippen LogP contribution is 2.45. The minimum absolute atomic E-state index is 0.111. The maximum absolute atomic E-state index is 13.8. The summed E-state index contributed by atoms with van der Waals surface area (Å²) in [5, 5.41) is 19.1. The number of Topliss-reactive ketones (excluding diaryl/α,β-unsaturated/α-hetero) is 1. The molecule has 2 aliphatic heterocycles. The van der Waals surface area contributed by atoms with E-state index in [4.69, 9.17) is 24.4 Å². The van der Waals surface area contributed by atoms with Crippen LogP contribution in [0.25, 0.3) is 16.0 Å². The smallest absolute Gasteiger partial charge is 0.301 e. The standard InChI is InChI=1S/C28H21FN2O5S.C2H4O2/c1-14-11-15(2)23-21(12-14)37-28(30-23)31-24(16-3-6-18(29)7-4-16)22(26(33)27(31)34)25(32)17-5-8-19-20(13-17)36-10-9-35-19;1-2(3)4/h3-8,11-13,24,32H,9-10H2,1-2H3;1H3,(H,3,4)/b25-22+;. The van der Waals surface area contributed by atoms with Crippen LogP contribution in [0.5, 0.6) is 11.5 Å². The second-order valence-electron chi connectivity index (χ2n) is 9.52. The highest BCUT2D eigenvalue weighted by molar-refractivity contribution is 7.22. The molecule has 1 amide bonds. The molecule has 1 saturated heterocycles. The van der Waals surface area contributed by atoms with Crippen LogP contribution in [0.4, 0.5) is 9.52 Å². The molecule has 1 fully saturated rings. The van der Waals surface area contributed by atoms with Gasteiger partial charge in [0.1, 0.15) is 24.8 Å². The van der Waals surface area contributed by atoms with Gasteiger partial charge in [-0.25, -0.2) is 9.37 Å². The Morgan fingerprint density at radius 1 is 1.00 bits per heavy atom. The molecule has 2 aliphatic rings. The van der Waals surface area contributed by atoms with Gasteiger partial charge in [-0.15, -0.1) is 0 Å². The van der Waals surface area contributed by atoms with Gasteiger partial charge in [0.2, 0.25) is 0 Å². The molecule has 0 bridgehead atoms. The molecule has 4 aromatic rings. The quantitative estimate of drug-likeness (QED) is 0.185. The van der Waals surface area contributed by atoms with Crippen molar-refractivity contribution >= 4 is 50.1 Å². The Hall–Kier alpha value is -4.77. The van der Waals surface area contributed by atoms with E-state index < -0.39 is 29.5 Å². The van der Waals surface area contributed by atoms with Gasteiger partial charge in [0.05, 0.1) is 21.8 Å². The lowest BCUT2D eigenvalue weighted by molar-refractivity contribution is -0.134. The summed E-state index contributed by atoms with van der Waals surface area (Å²) in [6.45, 7) is 5.76. The Labute approximate surface area is 238 Å². The molecule has 41 heavy (non-hydrogen) atoms. The summed E-state index contributed by atoms with van der Waals surface area (Å²) in [5.74, 6) is -2.37. The molecule has 2 N–H and O–H groups in total. The van der Waals surface area contributed by atoms with Crippen molar-refractivity contribution in [1.82, 2.24) is 4.98 Å². The number of carboxylic acid groups (broad SMARTS) is 1. The fraction of sp³-hybridized carbons (Fsp3) is 0.200. The number of amides is 1. The monoisotopic (exact) mass is 576 g/mol. The molecule has 0 aliphatic carbocycles. The predicted molar refractivity (Wildman–Crippen MR) is 151 cm³/mol. The molecule has 1 aromatic heterocycles. The zero-order valence-electron chi connectivity index (χ0n) is 22.3. The molecule has 0 radical (unpaired) electrons. The molecule has 3 heterocycles. The number of aryl methyl sites for hydroxylation is 2. The zero-order valence-corrected chi connectivity index (χ0v) is 23.1. The maximum atomic E-state index is 13.8. The fourth-order valence-electron chi connectivity index (χ4n) is 4.80. The molecule has 0 spiro atoms. The summed E-state index contributed by atoms with van der Waals surface area (Å²) < 4.78 is 25.9. The number of fused-ring (bicyclic) bond motifs is 2. The van der Waals surface area contributed by atoms with Gasteiger partial charge in [0.15, 0.2) is 16.6 Å². The largest absolute Gasteiger partial charge is 0.507 e. The first-order chi connectivity index (χ1) is 19.5. The van der Waals surface area contributed by atoms with E-state index in [2.05, 4.69) is 0 Å². The van der Waals surface area contributed by atoms with Gasteiger partial charge in [0, 0.05) is 12.5 Å². The summed E-state index contributed by atoms with van der Waals surface area (Å²) in [6.07, 6.45) is 0. The van der Waals surface area contributed by atoms with Crippen molar-refractivity contribution < 1.29 is 38.5 Å². The lowest BCUT2D eigenvalue weighted by Crippen LogP contribution is -2.29. The van der Waals surface area contributed by atoms with E-state index in [9.17, 15) is 19.1 Å². The summed E-state index contributed by atoms with van der Waals surface area (Å²) in [6, 6.07) is 13.3. The molecule has 3 aromatic carbocycles. The van der Waals surface area contributed by atoms with Crippen LogP contribution in [0, 0.1) is 19.7 Å². The van der Waals surface area contributed by atoms with Gasteiger partial charge >= 0.3 is 5.91 Å². The Kier molecular flexibility index (Phi) is 7.46. The summed E-state index contributed by atoms with van der Waals surface area (Å²) in [7, 11) is 0. The summed E-state index contributed by atoms with van der Waals surface area (Å²) in [4.78, 5) is 41.8. The van der Waals surface area contributed by atoms with Crippen molar-refractivity contribution in [3.8, 4) is 11.5 Å². The average molecular weight is 577 g/mol. The van der Waals surface area contributed by atoms with Crippen molar-refractivity contribution in [3.05, 3.63) is 88.2 Å². The Morgan fingerprint density at radius 3 is 2.34 bits per heavy atom. The van der Waals surface area contributed by atoms with E-state index in [0.717, 1.165) is 28.3 Å². The van der Waals surface area contributed by atoms with Crippen molar-refractivity contribution in [2.24, 2.45) is 0 Å². The maximum Gasteiger partial charge on any atom is 0.301 e. The van der Waals surface area contributed by atoms with Crippen LogP contribution in [-0.2, 0) is 14.4 Å². The Morgan fingerprint density at radius 2 is 1.66 bits per heavy atom. The lowest BCUT2D eigenvalue weighted by atomic mass is 9.95. The molecule has 9 nitrogen and oxygen atoms in total. The lowest BCUT2D eigenvalue weighted by Gasteiger charge is -2.23. The number of thiazole rings is 1. The number of aliphatic carboxylic acids is 1. The molecule has 0 saturated carbocycles. The van der Waals surface area contributed by atoms with E-state index in [-0.39, 0.29) is 11.3 Å². The first-order valence-electron chi connectivity index (χ1n) is 12.6. The number of nitrogens with zero attached hydrogens (tertiary/aromatic N) is 2. The highest BCUT2D eigenvalue weighted by Gasteiger charge is 2.48. The van der Waals surface area contributed by atoms with Crippen LogP contribution in [0.3, 0.4) is 0 Å². The highest BCUT2D eigenvalue weighted by atomic mass is 32.1. The van der Waals surface area contributed by atoms with Gasteiger partial charge in [-0.05, 0) is 66.9 Å². The van der Waals surface area contributed by atoms with Gasteiger partial charge in [-0.2, -0.15) is 0 Å². The number of rotatable bonds is 3. The number of ketones is 1. The molecule has 6 rings (SSSR count). The number of hydrogen-bond donors (Lipinski definition) is 2. The molecule has 1 atom stereocenters. The minimum atomic E-state index is -1.00.